The molecule has 0 aliphatic rings. The first-order valence-corrected chi connectivity index (χ1v) is 3.37. The zero-order valence-corrected chi connectivity index (χ0v) is 6.10. The van der Waals surface area contributed by atoms with Gasteiger partial charge in [-0.25, -0.2) is 9.97 Å². The Morgan fingerprint density at radius 2 is 2.42 bits per heavy atom. The molecule has 0 aliphatic carbocycles. The fraction of sp³-hybridized carbons (Fsp3) is 0. The minimum absolute atomic E-state index is 0.657. The number of pyridine rings is 1. The second-order valence-electron chi connectivity index (χ2n) is 2.29. The third-order valence-corrected chi connectivity index (χ3v) is 1.50. The van der Waals surface area contributed by atoms with Gasteiger partial charge in [-0.05, 0) is 6.07 Å². The maximum absolute atomic E-state index is 8.26. The number of aromatic nitrogens is 3. The molecule has 0 atom stereocenters. The van der Waals surface area contributed by atoms with Gasteiger partial charge in [0.1, 0.15) is 0 Å². The Morgan fingerprint density at radius 1 is 1.50 bits per heavy atom. The Balaban J connectivity index is 2.60. The van der Waals surface area contributed by atoms with E-state index in [1.807, 2.05) is 0 Å². The first kappa shape index (κ1) is 6.78. The summed E-state index contributed by atoms with van der Waals surface area (Å²) in [4.78, 5) is 10.9. The molecule has 12 heavy (non-hydrogen) atoms. The number of fused-ring (bicyclic) bond motifs is 1. The number of H-pyrrole nitrogens is 1. The lowest BCUT2D eigenvalue weighted by molar-refractivity contribution is 0.322. The number of oxime groups is 1. The lowest BCUT2D eigenvalue weighted by atomic mass is 10.3. The average Bonchev–Trinajstić information content (AvgIpc) is 2.51. The van der Waals surface area contributed by atoms with E-state index < -0.39 is 0 Å². The summed E-state index contributed by atoms with van der Waals surface area (Å²) in [6, 6.07) is 1.80. The highest BCUT2D eigenvalue weighted by atomic mass is 16.4. The molecule has 2 N–H and O–H groups in total. The maximum Gasteiger partial charge on any atom is 0.177 e. The summed E-state index contributed by atoms with van der Waals surface area (Å²) in [6.07, 6.45) is 4.47. The van der Waals surface area contributed by atoms with Crippen LogP contribution < -0.4 is 0 Å². The number of imidazole rings is 1. The van der Waals surface area contributed by atoms with E-state index in [1.54, 1.807) is 18.6 Å². The molecular formula is C7H6N4O. The molecule has 2 heterocycles. The van der Waals surface area contributed by atoms with E-state index in [0.717, 1.165) is 11.1 Å². The second-order valence-corrected chi connectivity index (χ2v) is 2.29. The molecule has 0 amide bonds. The second kappa shape index (κ2) is 2.61. The molecule has 5 nitrogen and oxygen atoms in total. The highest BCUT2D eigenvalue weighted by Crippen LogP contribution is 2.06. The SMILES string of the molecule is O/N=C/c1cnc2nc[nH]c2c1. The van der Waals surface area contributed by atoms with Crippen molar-refractivity contribution >= 4 is 17.4 Å². The van der Waals surface area contributed by atoms with Crippen LogP contribution in [0.1, 0.15) is 5.56 Å². The van der Waals surface area contributed by atoms with Gasteiger partial charge in [-0.2, -0.15) is 0 Å². The van der Waals surface area contributed by atoms with Gasteiger partial charge >= 0.3 is 0 Å². The topological polar surface area (TPSA) is 74.2 Å². The van der Waals surface area contributed by atoms with E-state index in [0.29, 0.717) is 5.65 Å². The number of nitrogens with one attached hydrogen (secondary N) is 1. The van der Waals surface area contributed by atoms with E-state index in [9.17, 15) is 0 Å². The molecule has 2 aromatic heterocycles. The lowest BCUT2D eigenvalue weighted by Gasteiger charge is -1.89. The third-order valence-electron chi connectivity index (χ3n) is 1.50. The molecule has 0 aliphatic heterocycles. The molecule has 0 bridgehead atoms. The highest BCUT2D eigenvalue weighted by molar-refractivity contribution is 5.84. The van der Waals surface area contributed by atoms with Gasteiger partial charge in [0.15, 0.2) is 5.65 Å². The van der Waals surface area contributed by atoms with Crippen LogP contribution in [0.15, 0.2) is 23.7 Å². The number of aromatic amines is 1. The van der Waals surface area contributed by atoms with Crippen molar-refractivity contribution in [2.24, 2.45) is 5.16 Å². The minimum Gasteiger partial charge on any atom is -0.411 e. The van der Waals surface area contributed by atoms with Crippen LogP contribution in [0.4, 0.5) is 0 Å². The van der Waals surface area contributed by atoms with Crippen LogP contribution in [0.25, 0.3) is 11.2 Å². The van der Waals surface area contributed by atoms with E-state index in [4.69, 9.17) is 5.21 Å². The Labute approximate surface area is 67.8 Å². The van der Waals surface area contributed by atoms with Crippen molar-refractivity contribution in [2.75, 3.05) is 0 Å². The van der Waals surface area contributed by atoms with Crippen LogP contribution >= 0.6 is 0 Å². The summed E-state index contributed by atoms with van der Waals surface area (Å²) in [5, 5.41) is 11.2. The molecular weight excluding hydrogens is 156 g/mol. The van der Waals surface area contributed by atoms with Gasteiger partial charge in [0.2, 0.25) is 0 Å². The smallest absolute Gasteiger partial charge is 0.177 e. The van der Waals surface area contributed by atoms with Gasteiger partial charge in [0.25, 0.3) is 0 Å². The zero-order chi connectivity index (χ0) is 8.39. The predicted octanol–water partition coefficient (Wildman–Crippen LogP) is 0.766. The first-order valence-electron chi connectivity index (χ1n) is 3.37. The van der Waals surface area contributed by atoms with Gasteiger partial charge < -0.3 is 10.2 Å². The molecule has 5 heteroatoms. The molecule has 0 saturated heterocycles. The Hall–Kier alpha value is -1.91. The molecule has 0 radical (unpaired) electrons. The van der Waals surface area contributed by atoms with Gasteiger partial charge in [-0.15, -0.1) is 0 Å². The van der Waals surface area contributed by atoms with Crippen LogP contribution in [0.3, 0.4) is 0 Å². The van der Waals surface area contributed by atoms with Crippen molar-refractivity contribution in [2.45, 2.75) is 0 Å². The fourth-order valence-corrected chi connectivity index (χ4v) is 0.983. The summed E-state index contributed by atoms with van der Waals surface area (Å²) in [5.41, 5.74) is 2.21. The molecule has 0 aromatic carbocycles. The first-order chi connectivity index (χ1) is 5.90. The number of rotatable bonds is 1. The Morgan fingerprint density at radius 3 is 3.25 bits per heavy atom. The largest absolute Gasteiger partial charge is 0.411 e. The lowest BCUT2D eigenvalue weighted by Crippen LogP contribution is -1.84. The predicted molar refractivity (Wildman–Crippen MR) is 43.3 cm³/mol. The standard InChI is InChI=1S/C7H6N4O/c12-11-3-5-1-6-7(8-2-5)10-4-9-6/h1-4,12H,(H,8,9,10)/b11-3+. The van der Waals surface area contributed by atoms with E-state index in [-0.39, 0.29) is 0 Å². The highest BCUT2D eigenvalue weighted by Gasteiger charge is 1.96. The van der Waals surface area contributed by atoms with Crippen LogP contribution in [-0.4, -0.2) is 26.4 Å². The third kappa shape index (κ3) is 1.01. The van der Waals surface area contributed by atoms with Crippen molar-refractivity contribution in [1.29, 1.82) is 0 Å². The van der Waals surface area contributed by atoms with Crippen molar-refractivity contribution in [1.82, 2.24) is 15.0 Å². The molecule has 2 rings (SSSR count). The normalized spacial score (nSPS) is 11.3. The van der Waals surface area contributed by atoms with Crippen LogP contribution in [0.5, 0.6) is 0 Å². The van der Waals surface area contributed by atoms with Crippen LogP contribution in [0.2, 0.25) is 0 Å². The molecule has 0 unspecified atom stereocenters. The minimum atomic E-state index is 0.657. The average molecular weight is 162 g/mol. The molecule has 0 spiro atoms. The summed E-state index contributed by atoms with van der Waals surface area (Å²) in [7, 11) is 0. The van der Waals surface area contributed by atoms with Gasteiger partial charge in [-0.1, -0.05) is 5.16 Å². The van der Waals surface area contributed by atoms with Crippen molar-refractivity contribution in [3.8, 4) is 0 Å². The van der Waals surface area contributed by atoms with Crippen LogP contribution in [0, 0.1) is 0 Å². The van der Waals surface area contributed by atoms with E-state index >= 15 is 0 Å². The number of hydrogen-bond acceptors (Lipinski definition) is 4. The van der Waals surface area contributed by atoms with E-state index in [1.165, 1.54) is 6.21 Å². The van der Waals surface area contributed by atoms with Gasteiger partial charge in [0, 0.05) is 11.8 Å². The monoisotopic (exact) mass is 162 g/mol. The zero-order valence-electron chi connectivity index (χ0n) is 6.10. The molecule has 0 saturated carbocycles. The molecule has 60 valence electrons. The summed E-state index contributed by atoms with van der Waals surface area (Å²) in [6.45, 7) is 0. The molecule has 0 fully saturated rings. The van der Waals surface area contributed by atoms with Crippen molar-refractivity contribution in [3.63, 3.8) is 0 Å². The number of hydrogen-bond donors (Lipinski definition) is 2. The van der Waals surface area contributed by atoms with Gasteiger partial charge in [-0.3, -0.25) is 0 Å². The fourth-order valence-electron chi connectivity index (χ4n) is 0.983. The Kier molecular flexibility index (Phi) is 1.48. The van der Waals surface area contributed by atoms with Crippen LogP contribution in [-0.2, 0) is 0 Å². The van der Waals surface area contributed by atoms with Crippen molar-refractivity contribution in [3.05, 3.63) is 24.2 Å². The number of nitrogens with zero attached hydrogens (tertiary/aromatic N) is 3. The summed E-state index contributed by atoms with van der Waals surface area (Å²) >= 11 is 0. The summed E-state index contributed by atoms with van der Waals surface area (Å²) in [5.74, 6) is 0. The van der Waals surface area contributed by atoms with Crippen molar-refractivity contribution < 1.29 is 5.21 Å². The van der Waals surface area contributed by atoms with Gasteiger partial charge in [0.05, 0.1) is 18.1 Å². The quantitative estimate of drug-likeness (QED) is 0.369. The maximum atomic E-state index is 8.26. The van der Waals surface area contributed by atoms with E-state index in [2.05, 4.69) is 20.1 Å². The molecule has 2 aromatic rings. The Bertz CT molecular complexity index is 420. The summed E-state index contributed by atoms with van der Waals surface area (Å²) < 4.78 is 0.